The second kappa shape index (κ2) is 9.15. The molecular formula is C21H22ClF3N2O2. The smallest absolute Gasteiger partial charge is 0.344 e. The number of rotatable bonds is 5. The van der Waals surface area contributed by atoms with Gasteiger partial charge in [-0.25, -0.2) is 0 Å². The lowest BCUT2D eigenvalue weighted by Gasteiger charge is -2.39. The molecule has 29 heavy (non-hydrogen) atoms. The summed E-state index contributed by atoms with van der Waals surface area (Å²) in [5.41, 5.74) is -0.389. The first-order chi connectivity index (χ1) is 13.8. The van der Waals surface area contributed by atoms with Crippen molar-refractivity contribution in [2.24, 2.45) is 0 Å². The first-order valence-corrected chi connectivity index (χ1v) is 9.73. The highest BCUT2D eigenvalue weighted by molar-refractivity contribution is 6.34. The standard InChI is InChI=1S/C21H22ClF3N2O2/c1-29-27-13-6-5-12-17(27)19(14-8-3-2-4-9-14)26-20(28)15-10-7-11-16(18(15)22)21(23,24)25/h2-4,7-11,17,19H,5-6,12-13H2,1H3,(H,26,28). The Labute approximate surface area is 172 Å². The molecule has 0 spiro atoms. The summed E-state index contributed by atoms with van der Waals surface area (Å²) in [5, 5.41) is 4.10. The Morgan fingerprint density at radius 2 is 1.90 bits per heavy atom. The molecule has 1 amide bonds. The average molecular weight is 427 g/mol. The Hall–Kier alpha value is -2.09. The van der Waals surface area contributed by atoms with Crippen molar-refractivity contribution in [2.75, 3.05) is 13.7 Å². The van der Waals surface area contributed by atoms with Crippen molar-refractivity contribution >= 4 is 17.5 Å². The van der Waals surface area contributed by atoms with Gasteiger partial charge in [-0.05, 0) is 30.5 Å². The zero-order valence-electron chi connectivity index (χ0n) is 15.9. The minimum Gasteiger partial charge on any atom is -0.344 e. The number of benzene rings is 2. The van der Waals surface area contributed by atoms with Crippen molar-refractivity contribution in [1.29, 1.82) is 0 Å². The number of amides is 1. The van der Waals surface area contributed by atoms with E-state index in [-0.39, 0.29) is 11.6 Å². The van der Waals surface area contributed by atoms with Gasteiger partial charge in [0.05, 0.1) is 35.3 Å². The molecular weight excluding hydrogens is 405 g/mol. The Bertz CT molecular complexity index is 846. The molecule has 4 nitrogen and oxygen atoms in total. The van der Waals surface area contributed by atoms with E-state index in [9.17, 15) is 18.0 Å². The molecule has 1 heterocycles. The van der Waals surface area contributed by atoms with Crippen LogP contribution in [0.1, 0.15) is 46.8 Å². The van der Waals surface area contributed by atoms with Crippen LogP contribution in [0.5, 0.6) is 0 Å². The third kappa shape index (κ3) is 4.91. The van der Waals surface area contributed by atoms with Gasteiger partial charge in [0, 0.05) is 6.54 Å². The van der Waals surface area contributed by atoms with Gasteiger partial charge < -0.3 is 10.2 Å². The van der Waals surface area contributed by atoms with Crippen molar-refractivity contribution in [3.05, 3.63) is 70.2 Å². The highest BCUT2D eigenvalue weighted by atomic mass is 35.5. The van der Waals surface area contributed by atoms with Crippen LogP contribution in [-0.4, -0.2) is 30.7 Å². The molecule has 1 saturated heterocycles. The van der Waals surface area contributed by atoms with Crippen molar-refractivity contribution in [1.82, 2.24) is 10.4 Å². The number of hydrogen-bond donors (Lipinski definition) is 1. The van der Waals surface area contributed by atoms with Gasteiger partial charge in [0.25, 0.3) is 5.91 Å². The molecule has 2 atom stereocenters. The Kier molecular flexibility index (Phi) is 6.82. The SMILES string of the molecule is CON1CCCCC1C(NC(=O)c1cccc(C(F)(F)F)c1Cl)c1ccccc1. The topological polar surface area (TPSA) is 41.6 Å². The minimum absolute atomic E-state index is 0.148. The molecule has 2 aromatic rings. The lowest BCUT2D eigenvalue weighted by Crippen LogP contribution is -2.48. The number of carbonyl (C=O) groups is 1. The minimum atomic E-state index is -4.64. The molecule has 1 aliphatic rings. The van der Waals surface area contributed by atoms with Gasteiger partial charge >= 0.3 is 6.18 Å². The van der Waals surface area contributed by atoms with E-state index >= 15 is 0 Å². The van der Waals surface area contributed by atoms with Gasteiger partial charge in [0.1, 0.15) is 0 Å². The van der Waals surface area contributed by atoms with Crippen LogP contribution in [0.3, 0.4) is 0 Å². The summed E-state index contributed by atoms with van der Waals surface area (Å²) in [7, 11) is 1.58. The fraction of sp³-hybridized carbons (Fsp3) is 0.381. The predicted molar refractivity (Wildman–Crippen MR) is 104 cm³/mol. The van der Waals surface area contributed by atoms with Crippen molar-refractivity contribution < 1.29 is 22.8 Å². The highest BCUT2D eigenvalue weighted by Gasteiger charge is 2.36. The maximum Gasteiger partial charge on any atom is 0.417 e. The van der Waals surface area contributed by atoms with E-state index in [0.717, 1.165) is 30.9 Å². The molecule has 0 aromatic heterocycles. The first-order valence-electron chi connectivity index (χ1n) is 9.35. The molecule has 156 valence electrons. The quantitative estimate of drug-likeness (QED) is 0.710. The molecule has 2 aromatic carbocycles. The summed E-state index contributed by atoms with van der Waals surface area (Å²) in [4.78, 5) is 18.4. The Balaban J connectivity index is 1.93. The number of halogens is 4. The maximum absolute atomic E-state index is 13.2. The number of piperidine rings is 1. The molecule has 1 aliphatic heterocycles. The number of nitrogens with zero attached hydrogens (tertiary/aromatic N) is 1. The Morgan fingerprint density at radius 1 is 1.17 bits per heavy atom. The summed E-state index contributed by atoms with van der Waals surface area (Å²) in [6, 6.07) is 12.1. The largest absolute Gasteiger partial charge is 0.417 e. The second-order valence-corrected chi connectivity index (χ2v) is 7.29. The van der Waals surface area contributed by atoms with Gasteiger partial charge in [-0.1, -0.05) is 54.4 Å². The van der Waals surface area contributed by atoms with E-state index in [2.05, 4.69) is 5.32 Å². The van der Waals surface area contributed by atoms with Crippen molar-refractivity contribution in [3.63, 3.8) is 0 Å². The number of alkyl halides is 3. The summed E-state index contributed by atoms with van der Waals surface area (Å²) in [6.45, 7) is 0.713. The summed E-state index contributed by atoms with van der Waals surface area (Å²) >= 11 is 5.94. The van der Waals surface area contributed by atoms with Crippen LogP contribution in [-0.2, 0) is 11.0 Å². The predicted octanol–water partition coefficient (Wildman–Crippen LogP) is 5.25. The lowest BCUT2D eigenvalue weighted by atomic mass is 9.92. The van der Waals surface area contributed by atoms with E-state index in [1.165, 1.54) is 12.1 Å². The third-order valence-electron chi connectivity index (χ3n) is 5.11. The van der Waals surface area contributed by atoms with Crippen LogP contribution in [0.2, 0.25) is 5.02 Å². The van der Waals surface area contributed by atoms with Crippen LogP contribution in [0, 0.1) is 0 Å². The normalized spacial score (nSPS) is 19.0. The molecule has 0 radical (unpaired) electrons. The van der Waals surface area contributed by atoms with Crippen LogP contribution >= 0.6 is 11.6 Å². The van der Waals surface area contributed by atoms with Crippen molar-refractivity contribution in [3.8, 4) is 0 Å². The lowest BCUT2D eigenvalue weighted by molar-refractivity contribution is -0.181. The summed E-state index contributed by atoms with van der Waals surface area (Å²) < 4.78 is 39.5. The van der Waals surface area contributed by atoms with Crippen LogP contribution < -0.4 is 5.32 Å². The second-order valence-electron chi connectivity index (χ2n) is 6.91. The van der Waals surface area contributed by atoms with Gasteiger partial charge in [0.2, 0.25) is 0 Å². The first kappa shape index (κ1) is 21.6. The zero-order valence-corrected chi connectivity index (χ0v) is 16.6. The van der Waals surface area contributed by atoms with E-state index in [0.29, 0.717) is 6.54 Å². The van der Waals surface area contributed by atoms with Gasteiger partial charge in [0.15, 0.2) is 0 Å². The van der Waals surface area contributed by atoms with Crippen LogP contribution in [0.15, 0.2) is 48.5 Å². The zero-order chi connectivity index (χ0) is 21.0. The Morgan fingerprint density at radius 3 is 2.55 bits per heavy atom. The number of nitrogens with one attached hydrogen (secondary N) is 1. The van der Waals surface area contributed by atoms with E-state index in [1.807, 2.05) is 35.4 Å². The molecule has 0 aliphatic carbocycles. The van der Waals surface area contributed by atoms with Gasteiger partial charge in [-0.15, -0.1) is 0 Å². The fourth-order valence-electron chi connectivity index (χ4n) is 3.70. The summed E-state index contributed by atoms with van der Waals surface area (Å²) in [6.07, 6.45) is -1.92. The van der Waals surface area contributed by atoms with Crippen molar-refractivity contribution in [2.45, 2.75) is 37.5 Å². The van der Waals surface area contributed by atoms with Crippen LogP contribution in [0.25, 0.3) is 0 Å². The monoisotopic (exact) mass is 426 g/mol. The van der Waals surface area contributed by atoms with Crippen LogP contribution in [0.4, 0.5) is 13.2 Å². The number of carbonyl (C=O) groups excluding carboxylic acids is 1. The third-order valence-corrected chi connectivity index (χ3v) is 5.52. The molecule has 1 N–H and O–H groups in total. The van der Waals surface area contributed by atoms with Gasteiger partial charge in [-0.3, -0.25) is 4.79 Å². The van der Waals surface area contributed by atoms with Gasteiger partial charge in [-0.2, -0.15) is 18.2 Å². The summed E-state index contributed by atoms with van der Waals surface area (Å²) in [5.74, 6) is -0.656. The van der Waals surface area contributed by atoms with E-state index < -0.39 is 28.7 Å². The molecule has 0 saturated carbocycles. The number of hydroxylamine groups is 2. The molecule has 0 bridgehead atoms. The fourth-order valence-corrected chi connectivity index (χ4v) is 4.02. The molecule has 1 fully saturated rings. The highest BCUT2D eigenvalue weighted by Crippen LogP contribution is 2.36. The maximum atomic E-state index is 13.2. The van der Waals surface area contributed by atoms with E-state index in [4.69, 9.17) is 16.4 Å². The number of hydrogen-bond acceptors (Lipinski definition) is 3. The van der Waals surface area contributed by atoms with E-state index in [1.54, 1.807) is 7.11 Å². The molecule has 8 heteroatoms. The average Bonchev–Trinajstić information content (AvgIpc) is 2.71. The molecule has 2 unspecified atom stereocenters. The molecule has 3 rings (SSSR count).